The van der Waals surface area contributed by atoms with Gasteiger partial charge in [0, 0.05) is 31.6 Å². The highest BCUT2D eigenvalue weighted by molar-refractivity contribution is 5.80. The molecule has 2 aromatic rings. The maximum Gasteiger partial charge on any atom is 0.226 e. The van der Waals surface area contributed by atoms with Gasteiger partial charge in [0.15, 0.2) is 0 Å². The molecule has 30 heavy (non-hydrogen) atoms. The molecule has 5 nitrogen and oxygen atoms in total. The summed E-state index contributed by atoms with van der Waals surface area (Å²) in [7, 11) is 1.65. The topological polar surface area (TPSA) is 50.8 Å². The van der Waals surface area contributed by atoms with Gasteiger partial charge in [-0.15, -0.1) is 0 Å². The predicted molar refractivity (Wildman–Crippen MR) is 113 cm³/mol. The molecule has 2 fully saturated rings. The van der Waals surface area contributed by atoms with Crippen LogP contribution in [0.4, 0.5) is 4.39 Å². The third-order valence-electron chi connectivity index (χ3n) is 6.23. The lowest BCUT2D eigenvalue weighted by atomic mass is 9.88. The van der Waals surface area contributed by atoms with Gasteiger partial charge in [-0.25, -0.2) is 4.39 Å². The molecule has 3 atom stereocenters. The van der Waals surface area contributed by atoms with Crippen LogP contribution >= 0.6 is 0 Å². The standard InChI is InChI=1S/C24H29FN2O3/c1-29-21-7-5-18(6-8-21)22-14-20(26-16-17-3-2-4-19(25)13-17)15-23(22)24(28)27-9-11-30-12-10-27/h2-8,13,20,22-23,26H,9-12,14-16H2,1H3/t20-,22+,23-/m0/s1. The number of methoxy groups -OCH3 is 1. The molecule has 1 saturated carbocycles. The summed E-state index contributed by atoms with van der Waals surface area (Å²) in [5.41, 5.74) is 2.08. The number of rotatable bonds is 6. The molecule has 1 aliphatic carbocycles. The van der Waals surface area contributed by atoms with Crippen molar-refractivity contribution in [2.24, 2.45) is 5.92 Å². The van der Waals surface area contributed by atoms with Crippen LogP contribution in [0.2, 0.25) is 0 Å². The van der Waals surface area contributed by atoms with Crippen LogP contribution < -0.4 is 10.1 Å². The minimum Gasteiger partial charge on any atom is -0.497 e. The monoisotopic (exact) mass is 412 g/mol. The number of halogens is 1. The number of ether oxygens (including phenoxy) is 2. The third kappa shape index (κ3) is 4.82. The van der Waals surface area contributed by atoms with Crippen LogP contribution in [0.5, 0.6) is 5.75 Å². The van der Waals surface area contributed by atoms with E-state index in [1.807, 2.05) is 23.1 Å². The first kappa shape index (κ1) is 20.8. The largest absolute Gasteiger partial charge is 0.497 e. The van der Waals surface area contributed by atoms with Crippen LogP contribution in [0.25, 0.3) is 0 Å². The number of carbonyl (C=O) groups is 1. The molecule has 2 aromatic carbocycles. The van der Waals surface area contributed by atoms with Gasteiger partial charge in [0.05, 0.1) is 20.3 Å². The van der Waals surface area contributed by atoms with Crippen molar-refractivity contribution in [2.45, 2.75) is 31.3 Å². The first-order valence-corrected chi connectivity index (χ1v) is 10.6. The van der Waals surface area contributed by atoms with Gasteiger partial charge in [-0.2, -0.15) is 0 Å². The van der Waals surface area contributed by atoms with Gasteiger partial charge in [0.1, 0.15) is 11.6 Å². The first-order chi connectivity index (χ1) is 14.6. The molecule has 0 radical (unpaired) electrons. The molecular formula is C24H29FN2O3. The Morgan fingerprint density at radius 1 is 1.17 bits per heavy atom. The van der Waals surface area contributed by atoms with E-state index in [2.05, 4.69) is 17.4 Å². The van der Waals surface area contributed by atoms with E-state index >= 15 is 0 Å². The number of nitrogens with zero attached hydrogens (tertiary/aromatic N) is 1. The summed E-state index contributed by atoms with van der Waals surface area (Å²) < 4.78 is 24.2. The van der Waals surface area contributed by atoms with Crippen molar-refractivity contribution in [3.05, 3.63) is 65.5 Å². The lowest BCUT2D eigenvalue weighted by molar-refractivity contribution is -0.140. The average Bonchev–Trinajstić information content (AvgIpc) is 3.22. The van der Waals surface area contributed by atoms with E-state index in [9.17, 15) is 9.18 Å². The van der Waals surface area contributed by atoms with E-state index in [1.54, 1.807) is 19.2 Å². The molecule has 0 aromatic heterocycles. The fourth-order valence-corrected chi connectivity index (χ4v) is 4.62. The lowest BCUT2D eigenvalue weighted by Gasteiger charge is -2.31. The number of hydrogen-bond donors (Lipinski definition) is 1. The number of morpholine rings is 1. The second kappa shape index (κ2) is 9.58. The van der Waals surface area contributed by atoms with Crippen molar-refractivity contribution >= 4 is 5.91 Å². The normalized spacial score (nSPS) is 24.1. The Hall–Kier alpha value is -2.44. The molecular weight excluding hydrogens is 383 g/mol. The smallest absolute Gasteiger partial charge is 0.226 e. The summed E-state index contributed by atoms with van der Waals surface area (Å²) in [6.45, 7) is 3.12. The van der Waals surface area contributed by atoms with E-state index < -0.39 is 0 Å². The summed E-state index contributed by atoms with van der Waals surface area (Å²) in [5, 5.41) is 3.55. The Bertz CT molecular complexity index is 852. The minimum absolute atomic E-state index is 0.0681. The fourth-order valence-electron chi connectivity index (χ4n) is 4.62. The number of benzene rings is 2. The average molecular weight is 413 g/mol. The Balaban J connectivity index is 1.49. The molecule has 0 unspecified atom stereocenters. The van der Waals surface area contributed by atoms with E-state index in [0.717, 1.165) is 29.7 Å². The minimum atomic E-state index is -0.225. The summed E-state index contributed by atoms with van der Waals surface area (Å²) in [6, 6.07) is 14.9. The van der Waals surface area contributed by atoms with Crippen molar-refractivity contribution in [3.63, 3.8) is 0 Å². The Morgan fingerprint density at radius 3 is 2.63 bits per heavy atom. The highest BCUT2D eigenvalue weighted by atomic mass is 19.1. The lowest BCUT2D eigenvalue weighted by Crippen LogP contribution is -2.44. The zero-order valence-corrected chi connectivity index (χ0v) is 17.4. The van der Waals surface area contributed by atoms with Crippen molar-refractivity contribution < 1.29 is 18.7 Å². The highest BCUT2D eigenvalue weighted by Crippen LogP contribution is 2.41. The van der Waals surface area contributed by atoms with Crippen LogP contribution in [0.15, 0.2) is 48.5 Å². The van der Waals surface area contributed by atoms with Gasteiger partial charge < -0.3 is 19.7 Å². The molecule has 1 N–H and O–H groups in total. The van der Waals surface area contributed by atoms with Gasteiger partial charge in [-0.3, -0.25) is 4.79 Å². The second-order valence-electron chi connectivity index (χ2n) is 8.10. The molecule has 1 amide bonds. The van der Waals surface area contributed by atoms with Crippen LogP contribution in [-0.2, 0) is 16.1 Å². The van der Waals surface area contributed by atoms with Gasteiger partial charge in [-0.05, 0) is 54.2 Å². The van der Waals surface area contributed by atoms with Crippen LogP contribution in [0, 0.1) is 11.7 Å². The quantitative estimate of drug-likeness (QED) is 0.791. The van der Waals surface area contributed by atoms with Crippen molar-refractivity contribution in [1.29, 1.82) is 0 Å². The van der Waals surface area contributed by atoms with E-state index in [1.165, 1.54) is 6.07 Å². The maximum absolute atomic E-state index is 13.5. The van der Waals surface area contributed by atoms with Crippen LogP contribution in [0.1, 0.15) is 29.9 Å². The Kier molecular flexibility index (Phi) is 6.65. The maximum atomic E-state index is 13.5. The van der Waals surface area contributed by atoms with Gasteiger partial charge in [0.25, 0.3) is 0 Å². The molecule has 4 rings (SSSR count). The number of carbonyl (C=O) groups excluding carboxylic acids is 1. The van der Waals surface area contributed by atoms with Gasteiger partial charge in [-0.1, -0.05) is 24.3 Å². The summed E-state index contributed by atoms with van der Waals surface area (Å²) in [4.78, 5) is 15.3. The number of nitrogens with one attached hydrogen (secondary N) is 1. The zero-order chi connectivity index (χ0) is 20.9. The predicted octanol–water partition coefficient (Wildman–Crippen LogP) is 3.35. The Labute approximate surface area is 177 Å². The molecule has 2 aliphatic rings. The number of amides is 1. The zero-order valence-electron chi connectivity index (χ0n) is 17.4. The van der Waals surface area contributed by atoms with Crippen molar-refractivity contribution in [1.82, 2.24) is 10.2 Å². The van der Waals surface area contributed by atoms with E-state index in [-0.39, 0.29) is 29.6 Å². The summed E-state index contributed by atoms with van der Waals surface area (Å²) in [5.74, 6) is 0.887. The molecule has 6 heteroatoms. The van der Waals surface area contributed by atoms with E-state index in [0.29, 0.717) is 32.8 Å². The Morgan fingerprint density at radius 2 is 1.93 bits per heavy atom. The van der Waals surface area contributed by atoms with Crippen LogP contribution in [-0.4, -0.2) is 50.3 Å². The molecule has 0 bridgehead atoms. The molecule has 1 saturated heterocycles. The SMILES string of the molecule is COc1ccc([C@H]2C[C@H](NCc3cccc(F)c3)C[C@@H]2C(=O)N2CCOCC2)cc1. The van der Waals surface area contributed by atoms with E-state index in [4.69, 9.17) is 9.47 Å². The molecule has 160 valence electrons. The van der Waals surface area contributed by atoms with Crippen molar-refractivity contribution in [2.75, 3.05) is 33.4 Å². The van der Waals surface area contributed by atoms with Gasteiger partial charge >= 0.3 is 0 Å². The van der Waals surface area contributed by atoms with Crippen LogP contribution in [0.3, 0.4) is 0 Å². The molecule has 0 spiro atoms. The summed E-state index contributed by atoms with van der Waals surface area (Å²) >= 11 is 0. The van der Waals surface area contributed by atoms with Gasteiger partial charge in [0.2, 0.25) is 5.91 Å². The fraction of sp³-hybridized carbons (Fsp3) is 0.458. The molecule has 1 heterocycles. The summed E-state index contributed by atoms with van der Waals surface area (Å²) in [6.07, 6.45) is 1.66. The number of hydrogen-bond acceptors (Lipinski definition) is 4. The first-order valence-electron chi connectivity index (χ1n) is 10.6. The molecule has 1 aliphatic heterocycles. The van der Waals surface area contributed by atoms with Crippen molar-refractivity contribution in [3.8, 4) is 5.75 Å². The second-order valence-corrected chi connectivity index (χ2v) is 8.10. The highest BCUT2D eigenvalue weighted by Gasteiger charge is 2.41. The third-order valence-corrected chi connectivity index (χ3v) is 6.23.